The van der Waals surface area contributed by atoms with Gasteiger partial charge < -0.3 is 14.8 Å². The molecule has 19 heavy (non-hydrogen) atoms. The lowest BCUT2D eigenvalue weighted by atomic mass is 9.89. The number of fused-ring (bicyclic) bond motifs is 1. The van der Waals surface area contributed by atoms with E-state index >= 15 is 0 Å². The van der Waals surface area contributed by atoms with E-state index in [9.17, 15) is 0 Å². The van der Waals surface area contributed by atoms with E-state index in [0.29, 0.717) is 12.1 Å². The zero-order valence-electron chi connectivity index (χ0n) is 11.8. The van der Waals surface area contributed by atoms with Gasteiger partial charge in [-0.15, -0.1) is 0 Å². The maximum Gasteiger partial charge on any atom is 0.127 e. The lowest BCUT2D eigenvalue weighted by Crippen LogP contribution is -2.24. The minimum atomic E-state index is 0.318. The molecule has 1 heterocycles. The van der Waals surface area contributed by atoms with Gasteiger partial charge in [0.1, 0.15) is 18.1 Å². The summed E-state index contributed by atoms with van der Waals surface area (Å²) in [6.45, 7) is 3.04. The van der Waals surface area contributed by atoms with Gasteiger partial charge in [0, 0.05) is 11.6 Å². The van der Waals surface area contributed by atoms with Gasteiger partial charge in [-0.3, -0.25) is 0 Å². The highest BCUT2D eigenvalue weighted by Crippen LogP contribution is 2.36. The van der Waals surface area contributed by atoms with Crippen LogP contribution in [0, 0.1) is 5.92 Å². The van der Waals surface area contributed by atoms with Gasteiger partial charge in [0.2, 0.25) is 0 Å². The SMILES string of the molecule is CNC1COc2cc(OC3CCCC(C)C3)ccc21. The molecule has 1 fully saturated rings. The van der Waals surface area contributed by atoms with Crippen LogP contribution in [-0.2, 0) is 0 Å². The van der Waals surface area contributed by atoms with Crippen molar-refractivity contribution in [3.63, 3.8) is 0 Å². The fourth-order valence-electron chi connectivity index (χ4n) is 3.18. The molecule has 1 aliphatic heterocycles. The Morgan fingerprint density at radius 2 is 2.21 bits per heavy atom. The Bertz CT molecular complexity index is 446. The Morgan fingerprint density at radius 3 is 3.00 bits per heavy atom. The maximum atomic E-state index is 6.12. The highest BCUT2D eigenvalue weighted by Gasteiger charge is 2.24. The van der Waals surface area contributed by atoms with Gasteiger partial charge in [-0.1, -0.05) is 13.3 Å². The van der Waals surface area contributed by atoms with Gasteiger partial charge in [-0.05, 0) is 44.4 Å². The van der Waals surface area contributed by atoms with Gasteiger partial charge in [-0.2, -0.15) is 0 Å². The van der Waals surface area contributed by atoms with E-state index in [4.69, 9.17) is 9.47 Å². The molecular formula is C16H23NO2. The normalized spacial score (nSPS) is 29.7. The predicted octanol–water partition coefficient (Wildman–Crippen LogP) is 3.30. The molecule has 1 aromatic carbocycles. The molecule has 0 aromatic heterocycles. The number of likely N-dealkylation sites (N-methyl/N-ethyl adjacent to an activating group) is 1. The zero-order valence-corrected chi connectivity index (χ0v) is 11.8. The van der Waals surface area contributed by atoms with Crippen LogP contribution in [0.1, 0.15) is 44.2 Å². The molecule has 1 N–H and O–H groups in total. The molecule has 104 valence electrons. The molecule has 1 aliphatic carbocycles. The van der Waals surface area contributed by atoms with E-state index in [1.807, 2.05) is 13.1 Å². The molecule has 3 unspecified atom stereocenters. The summed E-state index contributed by atoms with van der Waals surface area (Å²) in [5, 5.41) is 3.26. The number of hydrogen-bond acceptors (Lipinski definition) is 3. The largest absolute Gasteiger partial charge is 0.491 e. The third kappa shape index (κ3) is 2.71. The average Bonchev–Trinajstić information content (AvgIpc) is 2.81. The van der Waals surface area contributed by atoms with Crippen LogP contribution in [0.5, 0.6) is 11.5 Å². The molecule has 0 spiro atoms. The van der Waals surface area contributed by atoms with Crippen LogP contribution in [0.25, 0.3) is 0 Å². The fourth-order valence-corrected chi connectivity index (χ4v) is 3.18. The second-order valence-corrected chi connectivity index (χ2v) is 5.86. The Kier molecular flexibility index (Phi) is 3.65. The van der Waals surface area contributed by atoms with Crippen LogP contribution in [0.2, 0.25) is 0 Å². The monoisotopic (exact) mass is 261 g/mol. The van der Waals surface area contributed by atoms with Crippen LogP contribution < -0.4 is 14.8 Å². The van der Waals surface area contributed by atoms with E-state index in [0.717, 1.165) is 24.0 Å². The second kappa shape index (κ2) is 5.41. The highest BCUT2D eigenvalue weighted by atomic mass is 16.5. The second-order valence-electron chi connectivity index (χ2n) is 5.86. The van der Waals surface area contributed by atoms with Gasteiger partial charge in [-0.25, -0.2) is 0 Å². The fraction of sp³-hybridized carbons (Fsp3) is 0.625. The first-order valence-electron chi connectivity index (χ1n) is 7.37. The molecule has 3 rings (SSSR count). The Hall–Kier alpha value is -1.22. The summed E-state index contributed by atoms with van der Waals surface area (Å²) >= 11 is 0. The summed E-state index contributed by atoms with van der Waals surface area (Å²) in [4.78, 5) is 0. The van der Waals surface area contributed by atoms with Crippen molar-refractivity contribution in [2.75, 3.05) is 13.7 Å². The molecular weight excluding hydrogens is 238 g/mol. The van der Waals surface area contributed by atoms with Gasteiger partial charge >= 0.3 is 0 Å². The van der Waals surface area contributed by atoms with Crippen molar-refractivity contribution in [3.05, 3.63) is 23.8 Å². The quantitative estimate of drug-likeness (QED) is 0.905. The Labute approximate surface area is 115 Å². The molecule has 3 atom stereocenters. The minimum absolute atomic E-state index is 0.318. The van der Waals surface area contributed by atoms with Crippen molar-refractivity contribution in [2.24, 2.45) is 5.92 Å². The van der Waals surface area contributed by atoms with E-state index in [1.165, 1.54) is 31.2 Å². The third-order valence-corrected chi connectivity index (χ3v) is 4.31. The molecule has 0 amide bonds. The van der Waals surface area contributed by atoms with Crippen molar-refractivity contribution in [2.45, 2.75) is 44.8 Å². The van der Waals surface area contributed by atoms with Gasteiger partial charge in [0.05, 0.1) is 12.1 Å². The molecule has 3 nitrogen and oxygen atoms in total. The van der Waals surface area contributed by atoms with Gasteiger partial charge in [0.15, 0.2) is 0 Å². The standard InChI is InChI=1S/C16H23NO2/c1-11-4-3-5-12(8-11)19-13-6-7-14-15(17-2)10-18-16(14)9-13/h6-7,9,11-12,15,17H,3-5,8,10H2,1-2H3. The molecule has 0 bridgehead atoms. The Morgan fingerprint density at radius 1 is 1.32 bits per heavy atom. The number of nitrogens with one attached hydrogen (secondary N) is 1. The van der Waals surface area contributed by atoms with Crippen LogP contribution >= 0.6 is 0 Å². The zero-order chi connectivity index (χ0) is 13.2. The molecule has 1 saturated carbocycles. The first-order valence-corrected chi connectivity index (χ1v) is 7.37. The lowest BCUT2D eigenvalue weighted by Gasteiger charge is -2.27. The van der Waals surface area contributed by atoms with E-state index in [1.54, 1.807) is 0 Å². The third-order valence-electron chi connectivity index (χ3n) is 4.31. The van der Waals surface area contributed by atoms with Crippen LogP contribution in [0.3, 0.4) is 0 Å². The minimum Gasteiger partial charge on any atom is -0.491 e. The van der Waals surface area contributed by atoms with Crippen molar-refractivity contribution in [1.29, 1.82) is 0 Å². The number of benzene rings is 1. The first-order chi connectivity index (χ1) is 9.26. The summed E-state index contributed by atoms with van der Waals surface area (Å²) in [7, 11) is 1.97. The Balaban J connectivity index is 1.69. The number of ether oxygens (including phenoxy) is 2. The summed E-state index contributed by atoms with van der Waals surface area (Å²) < 4.78 is 11.8. The van der Waals surface area contributed by atoms with Gasteiger partial charge in [0.25, 0.3) is 0 Å². The molecule has 2 aliphatic rings. The van der Waals surface area contributed by atoms with E-state index in [-0.39, 0.29) is 0 Å². The van der Waals surface area contributed by atoms with Crippen molar-refractivity contribution >= 4 is 0 Å². The highest BCUT2D eigenvalue weighted by molar-refractivity contribution is 5.45. The smallest absolute Gasteiger partial charge is 0.127 e. The van der Waals surface area contributed by atoms with Crippen LogP contribution in [0.4, 0.5) is 0 Å². The predicted molar refractivity (Wildman–Crippen MR) is 75.8 cm³/mol. The first kappa shape index (κ1) is 12.8. The molecule has 0 radical (unpaired) electrons. The van der Waals surface area contributed by atoms with E-state index in [2.05, 4.69) is 24.4 Å². The molecule has 1 aromatic rings. The molecule has 3 heteroatoms. The summed E-state index contributed by atoms with van der Waals surface area (Å²) in [6.07, 6.45) is 5.37. The number of hydrogen-bond donors (Lipinski definition) is 1. The average molecular weight is 261 g/mol. The molecule has 0 saturated heterocycles. The van der Waals surface area contributed by atoms with Crippen molar-refractivity contribution < 1.29 is 9.47 Å². The summed E-state index contributed by atoms with van der Waals surface area (Å²) in [6, 6.07) is 6.58. The van der Waals surface area contributed by atoms with Crippen LogP contribution in [0.15, 0.2) is 18.2 Å². The topological polar surface area (TPSA) is 30.5 Å². The van der Waals surface area contributed by atoms with Crippen molar-refractivity contribution in [3.8, 4) is 11.5 Å². The van der Waals surface area contributed by atoms with E-state index < -0.39 is 0 Å². The van der Waals surface area contributed by atoms with Crippen LogP contribution in [-0.4, -0.2) is 19.8 Å². The lowest BCUT2D eigenvalue weighted by molar-refractivity contribution is 0.129. The van der Waals surface area contributed by atoms with Crippen molar-refractivity contribution in [1.82, 2.24) is 5.32 Å². The summed E-state index contributed by atoms with van der Waals surface area (Å²) in [5.41, 5.74) is 1.24. The number of rotatable bonds is 3. The maximum absolute atomic E-state index is 6.12. The summed E-state index contributed by atoms with van der Waals surface area (Å²) in [5.74, 6) is 2.72.